The molecule has 1 saturated carbocycles. The van der Waals surface area contributed by atoms with Crippen molar-refractivity contribution in [2.24, 2.45) is 0 Å². The molecule has 0 unspecified atom stereocenters. The molecule has 2 heterocycles. The zero-order valence-corrected chi connectivity index (χ0v) is 23.2. The molecular weight excluding hydrogens is 530 g/mol. The monoisotopic (exact) mass is 559 g/mol. The van der Waals surface area contributed by atoms with Crippen molar-refractivity contribution < 1.29 is 23.9 Å². The van der Waals surface area contributed by atoms with Gasteiger partial charge in [0.1, 0.15) is 0 Å². The Hall–Kier alpha value is -4.04. The lowest BCUT2D eigenvalue weighted by atomic mass is 9.63. The molecule has 1 aliphatic carbocycles. The summed E-state index contributed by atoms with van der Waals surface area (Å²) in [5, 5.41) is 0.660. The first-order valence-electron chi connectivity index (χ1n) is 13.4. The average molecular weight is 560 g/mol. The van der Waals surface area contributed by atoms with Gasteiger partial charge in [-0.1, -0.05) is 36.2 Å². The van der Waals surface area contributed by atoms with Gasteiger partial charge in [-0.3, -0.25) is 14.4 Å². The van der Waals surface area contributed by atoms with Gasteiger partial charge in [0, 0.05) is 37.3 Å². The first-order chi connectivity index (χ1) is 19.4. The minimum absolute atomic E-state index is 0.157. The molecule has 0 atom stereocenters. The number of piperazine rings is 1. The van der Waals surface area contributed by atoms with E-state index in [9.17, 15) is 14.4 Å². The molecular formula is C31H30ClN3O5. The molecule has 1 saturated heterocycles. The van der Waals surface area contributed by atoms with Crippen LogP contribution < -0.4 is 19.3 Å². The van der Waals surface area contributed by atoms with Gasteiger partial charge in [-0.15, -0.1) is 0 Å². The highest BCUT2D eigenvalue weighted by Crippen LogP contribution is 2.46. The number of rotatable bonds is 6. The predicted octanol–water partition coefficient (Wildman–Crippen LogP) is 4.93. The highest BCUT2D eigenvalue weighted by molar-refractivity contribution is 6.36. The van der Waals surface area contributed by atoms with Crippen molar-refractivity contribution in [1.82, 2.24) is 4.90 Å². The number of methoxy groups -OCH3 is 2. The second-order valence-corrected chi connectivity index (χ2v) is 10.8. The molecule has 2 aliphatic heterocycles. The van der Waals surface area contributed by atoms with Crippen LogP contribution in [0.3, 0.4) is 0 Å². The first-order valence-corrected chi connectivity index (χ1v) is 13.8. The van der Waals surface area contributed by atoms with Crippen LogP contribution in [0.15, 0.2) is 60.7 Å². The third kappa shape index (κ3) is 4.09. The van der Waals surface area contributed by atoms with Crippen molar-refractivity contribution in [2.45, 2.75) is 24.7 Å². The number of amides is 3. The molecule has 206 valence electrons. The third-order valence-corrected chi connectivity index (χ3v) is 8.69. The quantitative estimate of drug-likeness (QED) is 0.399. The van der Waals surface area contributed by atoms with Crippen molar-refractivity contribution >= 4 is 40.7 Å². The van der Waals surface area contributed by atoms with Crippen molar-refractivity contribution in [3.05, 3.63) is 82.4 Å². The van der Waals surface area contributed by atoms with Crippen molar-refractivity contribution in [2.75, 3.05) is 50.2 Å². The van der Waals surface area contributed by atoms with E-state index in [0.717, 1.165) is 24.8 Å². The molecule has 0 N–H and O–H groups in total. The van der Waals surface area contributed by atoms with E-state index in [1.54, 1.807) is 30.3 Å². The van der Waals surface area contributed by atoms with E-state index >= 15 is 0 Å². The number of nitrogens with zero attached hydrogens (tertiary/aromatic N) is 3. The van der Waals surface area contributed by atoms with Gasteiger partial charge in [-0.2, -0.15) is 0 Å². The summed E-state index contributed by atoms with van der Waals surface area (Å²) in [6.07, 6.45) is 2.70. The Labute approximate surface area is 238 Å². The summed E-state index contributed by atoms with van der Waals surface area (Å²) in [6.45, 7) is 2.21. The molecule has 6 rings (SSSR count). The minimum atomic E-state index is -0.483. The number of anilines is 2. The van der Waals surface area contributed by atoms with Gasteiger partial charge in [0.15, 0.2) is 11.5 Å². The summed E-state index contributed by atoms with van der Waals surface area (Å²) in [4.78, 5) is 46.1. The lowest BCUT2D eigenvalue weighted by Crippen LogP contribution is -2.57. The number of hydrogen-bond acceptors (Lipinski definition) is 6. The molecule has 3 aromatic rings. The normalized spacial score (nSPS) is 17.9. The first kappa shape index (κ1) is 26.2. The predicted molar refractivity (Wildman–Crippen MR) is 153 cm³/mol. The maximum Gasteiger partial charge on any atom is 0.268 e. The number of benzene rings is 3. The van der Waals surface area contributed by atoms with E-state index in [2.05, 4.69) is 4.90 Å². The standard InChI is InChI=1S/C31H30ClN3O5/c1-39-25-12-11-22(19-26(25)40-2)35-28(36)23-5-3-6-24(27(23)29(35)37)33-15-17-34(18-16-33)30(38)31(13-4-14-31)20-7-9-21(32)10-8-20/h3,5-12,19H,4,13-18H2,1-2H3. The van der Waals surface area contributed by atoms with E-state index in [-0.39, 0.29) is 17.7 Å². The maximum atomic E-state index is 13.8. The number of halogens is 1. The van der Waals surface area contributed by atoms with Crippen LogP contribution in [0.1, 0.15) is 45.5 Å². The van der Waals surface area contributed by atoms with Gasteiger partial charge in [0.05, 0.1) is 42.1 Å². The number of carbonyl (C=O) groups is 3. The van der Waals surface area contributed by atoms with Crippen LogP contribution >= 0.6 is 11.6 Å². The topological polar surface area (TPSA) is 79.4 Å². The van der Waals surface area contributed by atoms with Crippen LogP contribution in [0.4, 0.5) is 11.4 Å². The maximum absolute atomic E-state index is 13.8. The Balaban J connectivity index is 1.22. The van der Waals surface area contributed by atoms with Gasteiger partial charge in [-0.05, 0) is 54.8 Å². The molecule has 2 fully saturated rings. The molecule has 0 radical (unpaired) electrons. The van der Waals surface area contributed by atoms with Crippen LogP contribution in [0.5, 0.6) is 11.5 Å². The fraction of sp³-hybridized carbons (Fsp3) is 0.323. The minimum Gasteiger partial charge on any atom is -0.493 e. The summed E-state index contributed by atoms with van der Waals surface area (Å²) in [5.74, 6) is 0.344. The Bertz CT molecular complexity index is 1490. The molecule has 0 aromatic heterocycles. The zero-order chi connectivity index (χ0) is 28.0. The Morgan fingerprint density at radius 2 is 1.55 bits per heavy atom. The second-order valence-electron chi connectivity index (χ2n) is 10.4. The third-order valence-electron chi connectivity index (χ3n) is 8.44. The molecule has 8 nitrogen and oxygen atoms in total. The summed E-state index contributed by atoms with van der Waals surface area (Å²) in [6, 6.07) is 18.0. The Morgan fingerprint density at radius 3 is 2.17 bits per heavy atom. The van der Waals surface area contributed by atoms with Crippen molar-refractivity contribution in [3.8, 4) is 11.5 Å². The van der Waals surface area contributed by atoms with Crippen LogP contribution in [0.2, 0.25) is 5.02 Å². The summed E-state index contributed by atoms with van der Waals surface area (Å²) in [5.41, 5.74) is 2.42. The average Bonchev–Trinajstić information content (AvgIpc) is 3.22. The number of imide groups is 1. The van der Waals surface area contributed by atoms with Gasteiger partial charge in [0.25, 0.3) is 11.8 Å². The summed E-state index contributed by atoms with van der Waals surface area (Å²) >= 11 is 6.10. The van der Waals surface area contributed by atoms with Gasteiger partial charge in [0.2, 0.25) is 5.91 Å². The van der Waals surface area contributed by atoms with Gasteiger partial charge >= 0.3 is 0 Å². The fourth-order valence-electron chi connectivity index (χ4n) is 6.11. The highest BCUT2D eigenvalue weighted by Gasteiger charge is 2.48. The Kier molecular flexibility index (Phi) is 6.66. The van der Waals surface area contributed by atoms with Crippen molar-refractivity contribution in [1.29, 1.82) is 0 Å². The van der Waals surface area contributed by atoms with Gasteiger partial charge < -0.3 is 19.3 Å². The number of ether oxygens (including phenoxy) is 2. The number of hydrogen-bond donors (Lipinski definition) is 0. The lowest BCUT2D eigenvalue weighted by Gasteiger charge is -2.46. The van der Waals surface area contributed by atoms with Gasteiger partial charge in [-0.25, -0.2) is 4.90 Å². The fourth-order valence-corrected chi connectivity index (χ4v) is 6.23. The molecule has 9 heteroatoms. The van der Waals surface area contributed by atoms with E-state index in [4.69, 9.17) is 21.1 Å². The van der Waals surface area contributed by atoms with E-state index < -0.39 is 5.41 Å². The highest BCUT2D eigenvalue weighted by atomic mass is 35.5. The van der Waals surface area contributed by atoms with Crippen LogP contribution in [0, 0.1) is 0 Å². The number of fused-ring (bicyclic) bond motifs is 1. The molecule has 3 amide bonds. The Morgan fingerprint density at radius 1 is 0.850 bits per heavy atom. The number of carbonyl (C=O) groups excluding carboxylic acids is 3. The molecule has 40 heavy (non-hydrogen) atoms. The van der Waals surface area contributed by atoms with Crippen LogP contribution in [0.25, 0.3) is 0 Å². The lowest BCUT2D eigenvalue weighted by molar-refractivity contribution is -0.141. The summed E-state index contributed by atoms with van der Waals surface area (Å²) in [7, 11) is 3.04. The summed E-state index contributed by atoms with van der Waals surface area (Å²) < 4.78 is 10.7. The van der Waals surface area contributed by atoms with Crippen molar-refractivity contribution in [3.63, 3.8) is 0 Å². The van der Waals surface area contributed by atoms with E-state index in [0.29, 0.717) is 65.2 Å². The van der Waals surface area contributed by atoms with E-state index in [1.807, 2.05) is 35.2 Å². The van der Waals surface area contributed by atoms with Crippen LogP contribution in [-0.2, 0) is 10.2 Å². The molecule has 3 aromatic carbocycles. The molecule has 3 aliphatic rings. The SMILES string of the molecule is COc1ccc(N2C(=O)c3cccc(N4CCN(C(=O)C5(c6ccc(Cl)cc6)CCC5)CC4)c3C2=O)cc1OC. The zero-order valence-electron chi connectivity index (χ0n) is 22.5. The molecule has 0 bridgehead atoms. The smallest absolute Gasteiger partial charge is 0.268 e. The molecule has 0 spiro atoms. The largest absolute Gasteiger partial charge is 0.493 e. The van der Waals surface area contributed by atoms with E-state index in [1.165, 1.54) is 19.1 Å². The van der Waals surface area contributed by atoms with Crippen LogP contribution in [-0.4, -0.2) is 63.0 Å². The second kappa shape index (κ2) is 10.2.